The quantitative estimate of drug-likeness (QED) is 0.838. The first-order valence-electron chi connectivity index (χ1n) is 6.88. The molecule has 20 heavy (non-hydrogen) atoms. The lowest BCUT2D eigenvalue weighted by Gasteiger charge is -2.22. The van der Waals surface area contributed by atoms with Gasteiger partial charge in [0.1, 0.15) is 11.5 Å². The summed E-state index contributed by atoms with van der Waals surface area (Å²) in [4.78, 5) is 2.11. The highest BCUT2D eigenvalue weighted by Crippen LogP contribution is 2.27. The third kappa shape index (κ3) is 4.75. The van der Waals surface area contributed by atoms with Gasteiger partial charge in [0, 0.05) is 6.54 Å². The van der Waals surface area contributed by atoms with E-state index >= 15 is 0 Å². The molecule has 2 unspecified atom stereocenters. The zero-order chi connectivity index (χ0) is 14.5. The maximum Gasteiger partial charge on any atom is 0.284 e. The van der Waals surface area contributed by atoms with E-state index in [2.05, 4.69) is 4.90 Å². The van der Waals surface area contributed by atoms with Crippen LogP contribution in [-0.4, -0.2) is 35.5 Å². The van der Waals surface area contributed by atoms with E-state index in [0.29, 0.717) is 30.0 Å². The Morgan fingerprint density at radius 3 is 2.80 bits per heavy atom. The Kier molecular flexibility index (Phi) is 5.86. The fraction of sp³-hybridized carbons (Fsp3) is 0.714. The summed E-state index contributed by atoms with van der Waals surface area (Å²) in [5, 5.41) is 9.81. The summed E-state index contributed by atoms with van der Waals surface area (Å²) in [6.45, 7) is 1.48. The van der Waals surface area contributed by atoms with Crippen LogP contribution in [0.3, 0.4) is 0 Å². The van der Waals surface area contributed by atoms with Gasteiger partial charge in [0.15, 0.2) is 0 Å². The molecular weight excluding hydrogens is 284 g/mol. The zero-order valence-electron chi connectivity index (χ0n) is 11.6. The minimum absolute atomic E-state index is 0.188. The van der Waals surface area contributed by atoms with Gasteiger partial charge in [-0.15, -0.1) is 0 Å². The highest BCUT2D eigenvalue weighted by atomic mass is 32.2. The molecule has 2 rings (SSSR count). The molecule has 0 spiro atoms. The van der Waals surface area contributed by atoms with E-state index < -0.39 is 5.76 Å². The molecule has 6 heteroatoms. The molecule has 1 heterocycles. The normalized spacial score (nSPS) is 23.1. The van der Waals surface area contributed by atoms with Gasteiger partial charge in [-0.25, -0.2) is 0 Å². The van der Waals surface area contributed by atoms with Gasteiger partial charge in [-0.05, 0) is 37.9 Å². The maximum absolute atomic E-state index is 12.1. The van der Waals surface area contributed by atoms with Crippen molar-refractivity contribution in [3.05, 3.63) is 23.7 Å². The first kappa shape index (κ1) is 15.8. The number of alkyl halides is 2. The number of nitrogens with zero attached hydrogens (tertiary/aromatic N) is 1. The molecule has 114 valence electrons. The second-order valence-electron chi connectivity index (χ2n) is 5.39. The maximum atomic E-state index is 12.1. The van der Waals surface area contributed by atoms with Crippen LogP contribution in [0.25, 0.3) is 0 Å². The number of thioether (sulfide) groups is 1. The van der Waals surface area contributed by atoms with Crippen molar-refractivity contribution >= 4 is 11.8 Å². The predicted octanol–water partition coefficient (Wildman–Crippen LogP) is 3.33. The van der Waals surface area contributed by atoms with E-state index in [1.54, 1.807) is 6.07 Å². The molecule has 0 saturated heterocycles. The van der Waals surface area contributed by atoms with E-state index in [4.69, 9.17) is 4.42 Å². The molecule has 0 aliphatic heterocycles. The van der Waals surface area contributed by atoms with Gasteiger partial charge >= 0.3 is 0 Å². The van der Waals surface area contributed by atoms with Gasteiger partial charge in [-0.3, -0.25) is 4.90 Å². The van der Waals surface area contributed by atoms with Gasteiger partial charge in [0.2, 0.25) is 0 Å². The second kappa shape index (κ2) is 7.43. The molecule has 1 aliphatic carbocycles. The summed E-state index contributed by atoms with van der Waals surface area (Å²) >= 11 is 0.569. The van der Waals surface area contributed by atoms with Crippen molar-refractivity contribution in [1.29, 1.82) is 0 Å². The van der Waals surface area contributed by atoms with E-state index in [-0.39, 0.29) is 11.9 Å². The Balaban J connectivity index is 1.77. The Bertz CT molecular complexity index is 414. The summed E-state index contributed by atoms with van der Waals surface area (Å²) in [5.74, 6) is -0.466. The third-order valence-corrected chi connectivity index (χ3v) is 4.36. The molecule has 1 aromatic rings. The first-order valence-corrected chi connectivity index (χ1v) is 7.93. The largest absolute Gasteiger partial charge is 0.464 e. The summed E-state index contributed by atoms with van der Waals surface area (Å²) in [5.41, 5.74) is 0. The standard InChI is InChI=1S/C14H21F2NO2S/c1-17(7-10-3-2-4-13(10)18)8-11-5-6-12(19-11)9-20-14(15)16/h5-6,10,13-14,18H,2-4,7-9H2,1H3. The number of halogens is 2. The smallest absolute Gasteiger partial charge is 0.284 e. The lowest BCUT2D eigenvalue weighted by molar-refractivity contribution is 0.106. The summed E-state index contributed by atoms with van der Waals surface area (Å²) in [7, 11) is 1.99. The SMILES string of the molecule is CN(Cc1ccc(CSC(F)F)o1)CC1CCCC1O. The van der Waals surface area contributed by atoms with Gasteiger partial charge in [-0.2, -0.15) is 8.78 Å². The predicted molar refractivity (Wildman–Crippen MR) is 75.7 cm³/mol. The van der Waals surface area contributed by atoms with Crippen LogP contribution in [0, 0.1) is 5.92 Å². The Hall–Kier alpha value is -0.590. The molecule has 1 N–H and O–H groups in total. The van der Waals surface area contributed by atoms with Crippen molar-refractivity contribution in [1.82, 2.24) is 4.90 Å². The zero-order valence-corrected chi connectivity index (χ0v) is 12.4. The molecule has 0 aromatic carbocycles. The highest BCUT2D eigenvalue weighted by Gasteiger charge is 2.26. The topological polar surface area (TPSA) is 36.6 Å². The molecule has 0 bridgehead atoms. The van der Waals surface area contributed by atoms with Crippen molar-refractivity contribution in [3.63, 3.8) is 0 Å². The first-order chi connectivity index (χ1) is 9.54. The molecular formula is C14H21F2NO2S. The van der Waals surface area contributed by atoms with Crippen LogP contribution in [-0.2, 0) is 12.3 Å². The van der Waals surface area contributed by atoms with Crippen LogP contribution in [0.5, 0.6) is 0 Å². The number of aliphatic hydroxyl groups excluding tert-OH is 1. The minimum Gasteiger partial charge on any atom is -0.464 e. The van der Waals surface area contributed by atoms with E-state index in [9.17, 15) is 13.9 Å². The van der Waals surface area contributed by atoms with Crippen molar-refractivity contribution in [3.8, 4) is 0 Å². The number of rotatable bonds is 7. The molecule has 1 aromatic heterocycles. The fourth-order valence-electron chi connectivity index (χ4n) is 2.69. The van der Waals surface area contributed by atoms with Crippen LogP contribution in [0.1, 0.15) is 30.8 Å². The van der Waals surface area contributed by atoms with E-state index in [1.165, 1.54) is 0 Å². The average Bonchev–Trinajstić information content (AvgIpc) is 2.97. The summed E-state index contributed by atoms with van der Waals surface area (Å²) in [6.07, 6.45) is 2.87. The third-order valence-electron chi connectivity index (χ3n) is 3.66. The van der Waals surface area contributed by atoms with Crippen LogP contribution < -0.4 is 0 Å². The molecule has 0 radical (unpaired) electrons. The van der Waals surface area contributed by atoms with Crippen LogP contribution in [0.2, 0.25) is 0 Å². The molecule has 2 atom stereocenters. The average molecular weight is 305 g/mol. The molecule has 1 saturated carbocycles. The van der Waals surface area contributed by atoms with Crippen LogP contribution >= 0.6 is 11.8 Å². The van der Waals surface area contributed by atoms with E-state index in [1.807, 2.05) is 13.1 Å². The van der Waals surface area contributed by atoms with Crippen LogP contribution in [0.4, 0.5) is 8.78 Å². The summed E-state index contributed by atoms with van der Waals surface area (Å²) in [6, 6.07) is 3.59. The molecule has 1 aliphatic rings. The van der Waals surface area contributed by atoms with E-state index in [0.717, 1.165) is 31.6 Å². The van der Waals surface area contributed by atoms with Gasteiger partial charge in [0.05, 0.1) is 18.4 Å². The highest BCUT2D eigenvalue weighted by molar-refractivity contribution is 7.98. The number of aliphatic hydroxyl groups is 1. The summed E-state index contributed by atoms with van der Waals surface area (Å²) < 4.78 is 29.7. The van der Waals surface area contributed by atoms with Crippen LogP contribution in [0.15, 0.2) is 16.5 Å². The van der Waals surface area contributed by atoms with Crippen molar-refractivity contribution in [2.75, 3.05) is 13.6 Å². The Morgan fingerprint density at radius 1 is 1.40 bits per heavy atom. The number of furan rings is 1. The number of hydrogen-bond donors (Lipinski definition) is 1. The lowest BCUT2D eigenvalue weighted by atomic mass is 10.1. The van der Waals surface area contributed by atoms with Gasteiger partial charge in [-0.1, -0.05) is 18.2 Å². The molecule has 0 amide bonds. The Labute approximate surface area is 122 Å². The van der Waals surface area contributed by atoms with Crippen molar-refractivity contribution in [2.24, 2.45) is 5.92 Å². The fourth-order valence-corrected chi connectivity index (χ4v) is 3.14. The van der Waals surface area contributed by atoms with Crippen molar-refractivity contribution < 1.29 is 18.3 Å². The van der Waals surface area contributed by atoms with Gasteiger partial charge < -0.3 is 9.52 Å². The lowest BCUT2D eigenvalue weighted by Crippen LogP contribution is -2.29. The molecule has 1 fully saturated rings. The second-order valence-corrected chi connectivity index (χ2v) is 6.37. The van der Waals surface area contributed by atoms with Crippen molar-refractivity contribution in [2.45, 2.75) is 43.4 Å². The molecule has 3 nitrogen and oxygen atoms in total. The van der Waals surface area contributed by atoms with Gasteiger partial charge in [0.25, 0.3) is 5.76 Å². The number of hydrogen-bond acceptors (Lipinski definition) is 4. The monoisotopic (exact) mass is 305 g/mol. The minimum atomic E-state index is -2.37. The Morgan fingerprint density at radius 2 is 2.15 bits per heavy atom.